The Hall–Kier alpha value is -2.01. The number of para-hydroxylation sites is 1. The molecule has 0 spiro atoms. The second kappa shape index (κ2) is 5.07. The van der Waals surface area contributed by atoms with Crippen molar-refractivity contribution in [2.24, 2.45) is 0 Å². The molecular formula is C16H18N4S. The van der Waals surface area contributed by atoms with E-state index in [1.807, 2.05) is 40.3 Å². The van der Waals surface area contributed by atoms with Gasteiger partial charge in [-0.05, 0) is 18.2 Å². The minimum atomic E-state index is 0.750. The van der Waals surface area contributed by atoms with Crippen molar-refractivity contribution < 1.29 is 0 Å². The van der Waals surface area contributed by atoms with E-state index in [1.54, 1.807) is 0 Å². The summed E-state index contributed by atoms with van der Waals surface area (Å²) < 4.78 is 0. The van der Waals surface area contributed by atoms with Gasteiger partial charge in [0.2, 0.25) is 0 Å². The number of hydrogen-bond acceptors (Lipinski definition) is 5. The lowest BCUT2D eigenvalue weighted by Gasteiger charge is -2.23. The van der Waals surface area contributed by atoms with Crippen LogP contribution in [0.1, 0.15) is 17.8 Å². The first-order valence-corrected chi connectivity index (χ1v) is 7.27. The Bertz CT molecular complexity index is 762. The quantitative estimate of drug-likeness (QED) is 0.796. The molecule has 0 radical (unpaired) electrons. The van der Waals surface area contributed by atoms with Gasteiger partial charge in [0, 0.05) is 45.2 Å². The molecule has 0 unspecified atom stereocenters. The van der Waals surface area contributed by atoms with Gasteiger partial charge in [0.15, 0.2) is 0 Å². The Morgan fingerprint density at radius 1 is 1.05 bits per heavy atom. The van der Waals surface area contributed by atoms with Gasteiger partial charge in [0.25, 0.3) is 0 Å². The second-order valence-electron chi connectivity index (χ2n) is 5.63. The van der Waals surface area contributed by atoms with Crippen LogP contribution in [0.3, 0.4) is 0 Å². The lowest BCUT2D eigenvalue weighted by molar-refractivity contribution is 0.509. The molecule has 0 fully saturated rings. The summed E-state index contributed by atoms with van der Waals surface area (Å²) in [6.07, 6.45) is 2.83. The Morgan fingerprint density at radius 2 is 1.81 bits per heavy atom. The predicted octanol–water partition coefficient (Wildman–Crippen LogP) is 2.72. The van der Waals surface area contributed by atoms with Gasteiger partial charge in [-0.25, -0.2) is 9.97 Å². The number of aromatic nitrogens is 2. The molecule has 1 aliphatic rings. The van der Waals surface area contributed by atoms with Crippen LogP contribution in [0.2, 0.25) is 0 Å². The van der Waals surface area contributed by atoms with Gasteiger partial charge in [0.05, 0.1) is 16.9 Å². The first-order chi connectivity index (χ1) is 9.97. The number of benzene rings is 1. The third-order valence-corrected chi connectivity index (χ3v) is 4.00. The zero-order valence-electron chi connectivity index (χ0n) is 12.7. The van der Waals surface area contributed by atoms with Crippen molar-refractivity contribution in [3.05, 3.63) is 35.3 Å². The number of rotatable bonds is 2. The first kappa shape index (κ1) is 13.9. The van der Waals surface area contributed by atoms with Crippen molar-refractivity contribution in [2.45, 2.75) is 6.42 Å². The lowest BCUT2D eigenvalue weighted by Crippen LogP contribution is -2.20. The van der Waals surface area contributed by atoms with Crippen LogP contribution in [-0.2, 0) is 0 Å². The average Bonchev–Trinajstić information content (AvgIpc) is 2.44. The van der Waals surface area contributed by atoms with E-state index in [4.69, 9.17) is 22.2 Å². The molecule has 0 saturated heterocycles. The Balaban J connectivity index is 2.26. The number of nitrogens with zero attached hydrogens (tertiary/aromatic N) is 4. The Morgan fingerprint density at radius 3 is 2.48 bits per heavy atom. The molecule has 2 aromatic rings. The fourth-order valence-electron chi connectivity index (χ4n) is 2.49. The molecule has 3 rings (SSSR count). The van der Waals surface area contributed by atoms with Gasteiger partial charge >= 0.3 is 0 Å². The van der Waals surface area contributed by atoms with Crippen molar-refractivity contribution in [1.82, 2.24) is 14.9 Å². The molecule has 0 atom stereocenters. The van der Waals surface area contributed by atoms with Crippen LogP contribution in [0, 0.1) is 0 Å². The van der Waals surface area contributed by atoms with E-state index >= 15 is 0 Å². The minimum absolute atomic E-state index is 0.750. The van der Waals surface area contributed by atoms with E-state index in [0.29, 0.717) is 0 Å². The van der Waals surface area contributed by atoms with Crippen LogP contribution in [0.25, 0.3) is 17.1 Å². The highest BCUT2D eigenvalue weighted by molar-refractivity contribution is 7.80. The zero-order valence-corrected chi connectivity index (χ0v) is 13.5. The van der Waals surface area contributed by atoms with Crippen molar-refractivity contribution in [2.75, 3.05) is 33.1 Å². The topological polar surface area (TPSA) is 32.3 Å². The second-order valence-corrected chi connectivity index (χ2v) is 6.12. The molecule has 4 nitrogen and oxygen atoms in total. The highest BCUT2D eigenvalue weighted by atomic mass is 32.1. The Kier molecular flexibility index (Phi) is 3.37. The molecule has 108 valence electrons. The van der Waals surface area contributed by atoms with Crippen LogP contribution in [0.15, 0.2) is 23.9 Å². The van der Waals surface area contributed by atoms with E-state index in [9.17, 15) is 0 Å². The highest BCUT2D eigenvalue weighted by Gasteiger charge is 2.20. The number of hydrogen-bond donors (Lipinski definition) is 0. The first-order valence-electron chi connectivity index (χ1n) is 6.86. The SMILES string of the molecule is CN(C)C1=Cc2nc3cccc(N(C)C)c3nc2C(=S)C1. The zero-order chi connectivity index (χ0) is 15.1. The van der Waals surface area contributed by atoms with E-state index in [0.717, 1.165) is 39.4 Å². The third kappa shape index (κ3) is 2.38. The van der Waals surface area contributed by atoms with Crippen LogP contribution < -0.4 is 4.90 Å². The van der Waals surface area contributed by atoms with Crippen molar-refractivity contribution in [1.29, 1.82) is 0 Å². The van der Waals surface area contributed by atoms with Gasteiger partial charge < -0.3 is 9.80 Å². The molecule has 0 bridgehead atoms. The fraction of sp³-hybridized carbons (Fsp3) is 0.312. The summed E-state index contributed by atoms with van der Waals surface area (Å²) in [5.74, 6) is 0. The summed E-state index contributed by atoms with van der Waals surface area (Å²) in [6, 6.07) is 6.06. The molecule has 0 amide bonds. The van der Waals surface area contributed by atoms with Crippen molar-refractivity contribution >= 4 is 39.9 Å². The Labute approximate surface area is 130 Å². The van der Waals surface area contributed by atoms with Gasteiger partial charge in [-0.2, -0.15) is 0 Å². The summed E-state index contributed by atoms with van der Waals surface area (Å²) >= 11 is 5.55. The number of anilines is 1. The summed E-state index contributed by atoms with van der Waals surface area (Å²) in [6.45, 7) is 0. The third-order valence-electron chi connectivity index (χ3n) is 3.67. The standard InChI is InChI=1S/C16H18N4S/c1-19(2)10-8-12-16(14(21)9-10)18-15-11(17-12)6-5-7-13(15)20(3)4/h5-8H,9H2,1-4H3. The van der Waals surface area contributed by atoms with E-state index in [2.05, 4.69) is 21.9 Å². The smallest absolute Gasteiger partial charge is 0.113 e. The predicted molar refractivity (Wildman–Crippen MR) is 91.8 cm³/mol. The summed E-state index contributed by atoms with van der Waals surface area (Å²) in [4.78, 5) is 14.6. The maximum Gasteiger partial charge on any atom is 0.113 e. The van der Waals surface area contributed by atoms with Crippen LogP contribution >= 0.6 is 12.2 Å². The highest BCUT2D eigenvalue weighted by Crippen LogP contribution is 2.28. The summed E-state index contributed by atoms with van der Waals surface area (Å²) in [7, 11) is 8.08. The summed E-state index contributed by atoms with van der Waals surface area (Å²) in [5.41, 5.74) is 5.76. The maximum absolute atomic E-state index is 5.55. The normalized spacial score (nSPS) is 13.9. The average molecular weight is 298 g/mol. The van der Waals surface area contributed by atoms with Gasteiger partial charge in [-0.1, -0.05) is 18.3 Å². The van der Waals surface area contributed by atoms with Crippen LogP contribution in [0.5, 0.6) is 0 Å². The molecule has 1 aromatic carbocycles. The molecule has 5 heteroatoms. The van der Waals surface area contributed by atoms with Crippen molar-refractivity contribution in [3.63, 3.8) is 0 Å². The largest absolute Gasteiger partial charge is 0.381 e. The van der Waals surface area contributed by atoms with Crippen molar-refractivity contribution in [3.8, 4) is 0 Å². The molecule has 0 saturated carbocycles. The van der Waals surface area contributed by atoms with E-state index < -0.39 is 0 Å². The monoisotopic (exact) mass is 298 g/mol. The van der Waals surface area contributed by atoms with E-state index in [-0.39, 0.29) is 0 Å². The molecule has 1 aliphatic carbocycles. The van der Waals surface area contributed by atoms with Crippen LogP contribution in [-0.4, -0.2) is 47.9 Å². The molecule has 1 aromatic heterocycles. The minimum Gasteiger partial charge on any atom is -0.381 e. The molecular weight excluding hydrogens is 280 g/mol. The van der Waals surface area contributed by atoms with Crippen LogP contribution in [0.4, 0.5) is 5.69 Å². The molecule has 1 heterocycles. The molecule has 0 aliphatic heterocycles. The number of allylic oxidation sites excluding steroid dienone is 1. The number of thiocarbonyl (C=S) groups is 1. The fourth-order valence-corrected chi connectivity index (χ4v) is 2.79. The summed E-state index contributed by atoms with van der Waals surface area (Å²) in [5, 5.41) is 0. The van der Waals surface area contributed by atoms with E-state index in [1.165, 1.54) is 5.70 Å². The maximum atomic E-state index is 5.55. The van der Waals surface area contributed by atoms with Gasteiger partial charge in [-0.15, -0.1) is 0 Å². The molecule has 0 N–H and O–H groups in total. The molecule has 21 heavy (non-hydrogen) atoms. The number of fused-ring (bicyclic) bond motifs is 2. The van der Waals surface area contributed by atoms with Gasteiger partial charge in [0.1, 0.15) is 11.2 Å². The lowest BCUT2D eigenvalue weighted by atomic mass is 10.0. The van der Waals surface area contributed by atoms with Gasteiger partial charge in [-0.3, -0.25) is 0 Å².